The maximum absolute atomic E-state index is 11.7. The van der Waals surface area contributed by atoms with Crippen LogP contribution in [0.1, 0.15) is 71.1 Å². The van der Waals surface area contributed by atoms with Gasteiger partial charge in [0.05, 0.1) is 18.8 Å². The first kappa shape index (κ1) is 20.7. The van der Waals surface area contributed by atoms with Crippen LogP contribution in [0.3, 0.4) is 0 Å². The van der Waals surface area contributed by atoms with Gasteiger partial charge in [-0.15, -0.1) is 0 Å². The van der Waals surface area contributed by atoms with E-state index in [1.54, 1.807) is 5.57 Å². The number of rotatable bonds is 4. The molecule has 5 aliphatic rings. The van der Waals surface area contributed by atoms with E-state index in [1.807, 2.05) is 0 Å². The second-order valence-corrected chi connectivity index (χ2v) is 10.7. The normalized spacial score (nSPS) is 44.1. The first-order chi connectivity index (χ1) is 14.3. The van der Waals surface area contributed by atoms with Gasteiger partial charge in [-0.1, -0.05) is 25.2 Å². The molecule has 4 fully saturated rings. The molecule has 166 valence electrons. The van der Waals surface area contributed by atoms with E-state index in [4.69, 9.17) is 14.6 Å². The van der Waals surface area contributed by atoms with Gasteiger partial charge < -0.3 is 19.7 Å². The van der Waals surface area contributed by atoms with Gasteiger partial charge in [0.15, 0.2) is 5.79 Å². The first-order valence-corrected chi connectivity index (χ1v) is 11.9. The zero-order chi connectivity index (χ0) is 21.1. The van der Waals surface area contributed by atoms with Gasteiger partial charge in [0.25, 0.3) is 0 Å². The number of fused-ring (bicyclic) bond motifs is 5. The Bertz CT molecular complexity index is 766. The van der Waals surface area contributed by atoms with Gasteiger partial charge in [0.1, 0.15) is 0 Å². The van der Waals surface area contributed by atoms with Crippen LogP contribution in [0.5, 0.6) is 0 Å². The quantitative estimate of drug-likeness (QED) is 0.662. The average Bonchev–Trinajstić information content (AvgIpc) is 3.28. The van der Waals surface area contributed by atoms with Crippen molar-refractivity contribution in [3.8, 4) is 0 Å². The van der Waals surface area contributed by atoms with Crippen LogP contribution in [-0.4, -0.2) is 40.8 Å². The summed E-state index contributed by atoms with van der Waals surface area (Å²) >= 11 is 0. The summed E-state index contributed by atoms with van der Waals surface area (Å²) < 4.78 is 12.0. The smallest absolute Gasteiger partial charge is 0.303 e. The van der Waals surface area contributed by atoms with Gasteiger partial charge in [-0.25, -0.2) is 0 Å². The van der Waals surface area contributed by atoms with Gasteiger partial charge in [-0.3, -0.25) is 4.79 Å². The van der Waals surface area contributed by atoms with Crippen LogP contribution in [0, 0.1) is 29.1 Å². The summed E-state index contributed by atoms with van der Waals surface area (Å²) in [5.41, 5.74) is 1.16. The third-order valence-electron chi connectivity index (χ3n) is 9.64. The lowest BCUT2D eigenvalue weighted by molar-refractivity contribution is -0.177. The highest BCUT2D eigenvalue weighted by molar-refractivity contribution is 5.67. The molecular formula is C25H36O5. The fraction of sp³-hybridized carbons (Fsp3) is 0.800. The van der Waals surface area contributed by atoms with Crippen LogP contribution >= 0.6 is 0 Å². The van der Waals surface area contributed by atoms with Crippen LogP contribution in [0.2, 0.25) is 0 Å². The van der Waals surface area contributed by atoms with E-state index in [1.165, 1.54) is 0 Å². The molecular weight excluding hydrogens is 380 g/mol. The van der Waals surface area contributed by atoms with E-state index >= 15 is 0 Å². The predicted molar refractivity (Wildman–Crippen MR) is 113 cm³/mol. The zero-order valence-electron chi connectivity index (χ0n) is 18.2. The van der Waals surface area contributed by atoms with E-state index in [0.29, 0.717) is 30.1 Å². The largest absolute Gasteiger partial charge is 0.481 e. The molecule has 30 heavy (non-hydrogen) atoms. The Morgan fingerprint density at radius 3 is 2.63 bits per heavy atom. The van der Waals surface area contributed by atoms with E-state index in [0.717, 1.165) is 70.2 Å². The van der Waals surface area contributed by atoms with Crippen molar-refractivity contribution in [2.45, 2.75) is 82.5 Å². The molecule has 2 N–H and O–H groups in total. The van der Waals surface area contributed by atoms with Crippen molar-refractivity contribution < 1.29 is 24.5 Å². The number of aliphatic carboxylic acids is 1. The van der Waals surface area contributed by atoms with Crippen molar-refractivity contribution in [3.63, 3.8) is 0 Å². The fourth-order valence-electron chi connectivity index (χ4n) is 8.05. The molecule has 1 heterocycles. The van der Waals surface area contributed by atoms with Gasteiger partial charge >= 0.3 is 5.97 Å². The van der Waals surface area contributed by atoms with Crippen LogP contribution in [-0.2, 0) is 14.3 Å². The topological polar surface area (TPSA) is 76.0 Å². The predicted octanol–water partition coefficient (Wildman–Crippen LogP) is 4.45. The minimum atomic E-state index is -0.926. The molecule has 0 bridgehead atoms. The van der Waals surface area contributed by atoms with Crippen LogP contribution in [0.15, 0.2) is 23.8 Å². The molecule has 0 radical (unpaired) electrons. The number of carbonyl (C=O) groups is 1. The van der Waals surface area contributed by atoms with E-state index in [9.17, 15) is 9.90 Å². The zero-order valence-corrected chi connectivity index (χ0v) is 18.2. The lowest BCUT2D eigenvalue weighted by atomic mass is 9.50. The third-order valence-corrected chi connectivity index (χ3v) is 9.64. The maximum atomic E-state index is 11.7. The molecule has 0 aromatic heterocycles. The maximum Gasteiger partial charge on any atom is 0.303 e. The van der Waals surface area contributed by atoms with Gasteiger partial charge in [-0.2, -0.15) is 0 Å². The lowest BCUT2D eigenvalue weighted by Gasteiger charge is -2.56. The highest BCUT2D eigenvalue weighted by atomic mass is 16.7. The fourth-order valence-corrected chi connectivity index (χ4v) is 8.05. The Kier molecular flexibility index (Phi) is 4.96. The number of aliphatic hydroxyl groups is 1. The number of hydrogen-bond donors (Lipinski definition) is 2. The van der Waals surface area contributed by atoms with E-state index in [2.05, 4.69) is 19.6 Å². The molecule has 1 saturated heterocycles. The Morgan fingerprint density at radius 2 is 1.90 bits per heavy atom. The summed E-state index contributed by atoms with van der Waals surface area (Å²) in [7, 11) is 0. The summed E-state index contributed by atoms with van der Waals surface area (Å²) in [6, 6.07) is 0. The molecule has 4 aliphatic carbocycles. The molecule has 5 rings (SSSR count). The minimum Gasteiger partial charge on any atom is -0.481 e. The van der Waals surface area contributed by atoms with E-state index in [-0.39, 0.29) is 17.6 Å². The molecule has 0 amide bonds. The number of carboxylic acids is 1. The second kappa shape index (κ2) is 7.18. The highest BCUT2D eigenvalue weighted by Gasteiger charge is 2.63. The molecule has 5 nitrogen and oxygen atoms in total. The minimum absolute atomic E-state index is 0.0496. The summed E-state index contributed by atoms with van der Waals surface area (Å²) in [4.78, 5) is 11.1. The number of ether oxygens (including phenoxy) is 2. The van der Waals surface area contributed by atoms with Gasteiger partial charge in [0, 0.05) is 24.7 Å². The Hall–Kier alpha value is -1.17. The Balaban J connectivity index is 1.35. The van der Waals surface area contributed by atoms with Gasteiger partial charge in [0.2, 0.25) is 0 Å². The van der Waals surface area contributed by atoms with E-state index < -0.39 is 11.6 Å². The SMILES string of the molecule is C=C(CCC(=O)O)[C@]1(O)CC[C@H]2[C@@H]3CC=C4CC5(CC[C@@H]4[C@H]3CC[C@@]21C)OCCO5. The molecule has 6 atom stereocenters. The molecule has 5 heteroatoms. The van der Waals surface area contributed by atoms with Crippen molar-refractivity contribution in [3.05, 3.63) is 23.8 Å². The first-order valence-electron chi connectivity index (χ1n) is 11.9. The lowest BCUT2D eigenvalue weighted by Crippen LogP contribution is -2.53. The Morgan fingerprint density at radius 1 is 1.13 bits per heavy atom. The summed E-state index contributed by atoms with van der Waals surface area (Å²) in [6.07, 6.45) is 10.9. The van der Waals surface area contributed by atoms with Crippen molar-refractivity contribution in [2.75, 3.05) is 13.2 Å². The molecule has 3 saturated carbocycles. The third kappa shape index (κ3) is 2.96. The van der Waals surface area contributed by atoms with Crippen molar-refractivity contribution >= 4 is 5.97 Å². The van der Waals surface area contributed by atoms with Crippen molar-refractivity contribution in [2.24, 2.45) is 29.1 Å². The summed E-state index contributed by atoms with van der Waals surface area (Å²) in [6.45, 7) is 7.86. The molecule has 0 unspecified atom stereocenters. The Labute approximate surface area is 179 Å². The summed E-state index contributed by atoms with van der Waals surface area (Å²) in [5, 5.41) is 20.8. The number of hydrogen-bond acceptors (Lipinski definition) is 4. The number of carboxylic acid groups (broad SMARTS) is 1. The summed E-state index contributed by atoms with van der Waals surface area (Å²) in [5.74, 6) is 1.24. The van der Waals surface area contributed by atoms with Crippen molar-refractivity contribution in [1.82, 2.24) is 0 Å². The molecule has 1 spiro atoms. The standard InChI is InChI=1S/C25H36O5/c1-16(3-6-22(26)27)25(28)12-9-21-20-5-4-17-15-24(29-13-14-30-24)11-8-18(17)19(20)7-10-23(21,25)2/h4,18-21,28H,1,3,5-15H2,2H3,(H,26,27)/t18-,19+,20+,21-,23-,25+/m0/s1. The van der Waals surface area contributed by atoms with Gasteiger partial charge in [-0.05, 0) is 74.2 Å². The van der Waals surface area contributed by atoms with Crippen molar-refractivity contribution in [1.29, 1.82) is 0 Å². The molecule has 0 aromatic rings. The monoisotopic (exact) mass is 416 g/mol. The highest BCUT2D eigenvalue weighted by Crippen LogP contribution is 2.66. The average molecular weight is 417 g/mol. The number of allylic oxidation sites excluding steroid dienone is 1. The molecule has 0 aromatic carbocycles. The van der Waals surface area contributed by atoms with Crippen LogP contribution in [0.4, 0.5) is 0 Å². The van der Waals surface area contributed by atoms with Crippen LogP contribution < -0.4 is 0 Å². The second-order valence-electron chi connectivity index (χ2n) is 10.7. The molecule has 1 aliphatic heterocycles. The van der Waals surface area contributed by atoms with Crippen LogP contribution in [0.25, 0.3) is 0 Å².